The van der Waals surface area contributed by atoms with E-state index in [1.165, 1.54) is 19.2 Å². The fraction of sp³-hybridized carbons (Fsp3) is 0.533. The Labute approximate surface area is 136 Å². The first-order valence-corrected chi connectivity index (χ1v) is 9.01. The van der Waals surface area contributed by atoms with Crippen LogP contribution in [0.3, 0.4) is 0 Å². The van der Waals surface area contributed by atoms with Crippen molar-refractivity contribution < 1.29 is 17.9 Å². The molecule has 0 aliphatic carbocycles. The van der Waals surface area contributed by atoms with Crippen LogP contribution in [-0.2, 0) is 10.0 Å². The third kappa shape index (κ3) is 4.43. The molecule has 8 heteroatoms. The van der Waals surface area contributed by atoms with Crippen molar-refractivity contribution in [1.29, 1.82) is 0 Å². The summed E-state index contributed by atoms with van der Waals surface area (Å²) in [6, 6.07) is 4.14. The Morgan fingerprint density at radius 3 is 2.61 bits per heavy atom. The molecule has 128 valence electrons. The fourth-order valence-corrected chi connectivity index (χ4v) is 3.68. The van der Waals surface area contributed by atoms with E-state index in [9.17, 15) is 13.2 Å². The van der Waals surface area contributed by atoms with Gasteiger partial charge in [-0.1, -0.05) is 0 Å². The van der Waals surface area contributed by atoms with Crippen molar-refractivity contribution in [2.75, 3.05) is 26.7 Å². The molecule has 0 unspecified atom stereocenters. The number of sulfonamides is 1. The molecule has 0 spiro atoms. The zero-order valence-electron chi connectivity index (χ0n) is 13.5. The molecule has 0 saturated carbocycles. The van der Waals surface area contributed by atoms with Crippen LogP contribution < -0.4 is 20.1 Å². The summed E-state index contributed by atoms with van der Waals surface area (Å²) >= 11 is 0. The highest BCUT2D eigenvalue weighted by molar-refractivity contribution is 7.89. The van der Waals surface area contributed by atoms with Crippen LogP contribution in [0, 0.1) is 5.92 Å². The molecule has 2 rings (SSSR count). The average Bonchev–Trinajstić information content (AvgIpc) is 2.43. The van der Waals surface area contributed by atoms with Gasteiger partial charge in [-0.25, -0.2) is 13.1 Å². The Kier molecular flexibility index (Phi) is 5.61. The molecule has 1 saturated heterocycles. The Balaban J connectivity index is 2.21. The molecular formula is C15H23N3O4S. The predicted molar refractivity (Wildman–Crippen MR) is 87.1 cm³/mol. The second-order valence-electron chi connectivity index (χ2n) is 5.88. The van der Waals surface area contributed by atoms with E-state index in [0.717, 1.165) is 13.1 Å². The van der Waals surface area contributed by atoms with Crippen LogP contribution in [0.1, 0.15) is 24.2 Å². The normalized spacial score (nSPS) is 15.3. The van der Waals surface area contributed by atoms with E-state index >= 15 is 0 Å². The monoisotopic (exact) mass is 341 g/mol. The Morgan fingerprint density at radius 1 is 1.39 bits per heavy atom. The van der Waals surface area contributed by atoms with Gasteiger partial charge in [0.25, 0.3) is 5.91 Å². The van der Waals surface area contributed by atoms with Gasteiger partial charge in [0.2, 0.25) is 10.0 Å². The summed E-state index contributed by atoms with van der Waals surface area (Å²) in [4.78, 5) is 12.2. The van der Waals surface area contributed by atoms with Gasteiger partial charge in [-0.3, -0.25) is 4.79 Å². The van der Waals surface area contributed by atoms with E-state index in [-0.39, 0.29) is 22.6 Å². The zero-order valence-corrected chi connectivity index (χ0v) is 14.4. The SMILES string of the molecule is COc1ccc(C(=O)NCC2CNC2)cc1S(=O)(=O)NC(C)C. The van der Waals surface area contributed by atoms with Crippen molar-refractivity contribution in [3.8, 4) is 5.75 Å². The van der Waals surface area contributed by atoms with E-state index in [2.05, 4.69) is 15.4 Å². The fourth-order valence-electron chi connectivity index (χ4n) is 2.23. The molecule has 1 aromatic rings. The van der Waals surface area contributed by atoms with Crippen molar-refractivity contribution in [3.05, 3.63) is 23.8 Å². The summed E-state index contributed by atoms with van der Waals surface area (Å²) in [5.74, 6) is 0.349. The lowest BCUT2D eigenvalue weighted by molar-refractivity contribution is 0.0942. The van der Waals surface area contributed by atoms with Crippen molar-refractivity contribution in [2.24, 2.45) is 5.92 Å². The van der Waals surface area contributed by atoms with Crippen LogP contribution in [0.5, 0.6) is 5.75 Å². The topological polar surface area (TPSA) is 96.5 Å². The van der Waals surface area contributed by atoms with E-state index < -0.39 is 10.0 Å². The second-order valence-corrected chi connectivity index (χ2v) is 7.56. The first kappa shape index (κ1) is 17.7. The van der Waals surface area contributed by atoms with Crippen LogP contribution in [0.15, 0.2) is 23.1 Å². The van der Waals surface area contributed by atoms with Gasteiger partial charge in [0.1, 0.15) is 10.6 Å². The highest BCUT2D eigenvalue weighted by atomic mass is 32.2. The molecule has 1 fully saturated rings. The lowest BCUT2D eigenvalue weighted by atomic mass is 10.0. The van der Waals surface area contributed by atoms with Crippen LogP contribution in [0.25, 0.3) is 0 Å². The number of methoxy groups -OCH3 is 1. The maximum Gasteiger partial charge on any atom is 0.251 e. The molecule has 23 heavy (non-hydrogen) atoms. The third-order valence-corrected chi connectivity index (χ3v) is 5.20. The molecule has 3 N–H and O–H groups in total. The highest BCUT2D eigenvalue weighted by Gasteiger charge is 2.23. The summed E-state index contributed by atoms with van der Waals surface area (Å²) in [5, 5.41) is 5.95. The van der Waals surface area contributed by atoms with Gasteiger partial charge in [0.15, 0.2) is 0 Å². The van der Waals surface area contributed by atoms with E-state index in [1.54, 1.807) is 19.9 Å². The molecule has 1 heterocycles. The number of ether oxygens (including phenoxy) is 1. The molecule has 1 amide bonds. The van der Waals surface area contributed by atoms with Crippen molar-refractivity contribution >= 4 is 15.9 Å². The van der Waals surface area contributed by atoms with Gasteiger partial charge in [0, 0.05) is 37.2 Å². The summed E-state index contributed by atoms with van der Waals surface area (Å²) in [7, 11) is -2.35. The van der Waals surface area contributed by atoms with Gasteiger partial charge in [-0.2, -0.15) is 0 Å². The maximum atomic E-state index is 12.4. The highest BCUT2D eigenvalue weighted by Crippen LogP contribution is 2.25. The van der Waals surface area contributed by atoms with Gasteiger partial charge >= 0.3 is 0 Å². The summed E-state index contributed by atoms with van der Waals surface area (Å²) in [6.45, 7) is 5.81. The van der Waals surface area contributed by atoms with E-state index in [1.807, 2.05) is 0 Å². The van der Waals surface area contributed by atoms with Gasteiger partial charge < -0.3 is 15.4 Å². The maximum absolute atomic E-state index is 12.4. The number of nitrogens with one attached hydrogen (secondary N) is 3. The number of carbonyl (C=O) groups excluding carboxylic acids is 1. The van der Waals surface area contributed by atoms with Crippen LogP contribution in [0.2, 0.25) is 0 Å². The Bertz CT molecular complexity index is 669. The first-order chi connectivity index (χ1) is 10.8. The number of carbonyl (C=O) groups is 1. The molecule has 1 aromatic carbocycles. The largest absolute Gasteiger partial charge is 0.495 e. The molecule has 0 atom stereocenters. The minimum absolute atomic E-state index is 0.0355. The van der Waals surface area contributed by atoms with Crippen molar-refractivity contribution in [1.82, 2.24) is 15.4 Å². The number of hydrogen-bond donors (Lipinski definition) is 3. The summed E-state index contributed by atoms with van der Waals surface area (Å²) in [5.41, 5.74) is 0.294. The minimum Gasteiger partial charge on any atom is -0.495 e. The van der Waals surface area contributed by atoms with Crippen LogP contribution >= 0.6 is 0 Å². The van der Waals surface area contributed by atoms with Crippen LogP contribution in [-0.4, -0.2) is 47.1 Å². The third-order valence-electron chi connectivity index (χ3n) is 3.52. The van der Waals surface area contributed by atoms with Crippen molar-refractivity contribution in [3.63, 3.8) is 0 Å². The number of amides is 1. The average molecular weight is 341 g/mol. The number of hydrogen-bond acceptors (Lipinski definition) is 5. The molecule has 1 aliphatic rings. The Morgan fingerprint density at radius 2 is 2.09 bits per heavy atom. The van der Waals surface area contributed by atoms with Crippen molar-refractivity contribution in [2.45, 2.75) is 24.8 Å². The zero-order chi connectivity index (χ0) is 17.0. The molecule has 7 nitrogen and oxygen atoms in total. The standard InChI is InChI=1S/C15H23N3O4S/c1-10(2)18-23(20,21)14-6-12(4-5-13(14)22-3)15(19)17-9-11-7-16-8-11/h4-6,10-11,16,18H,7-9H2,1-3H3,(H,17,19). The quantitative estimate of drug-likeness (QED) is 0.664. The number of rotatable bonds is 7. The molecule has 1 aliphatic heterocycles. The van der Waals surface area contributed by atoms with E-state index in [0.29, 0.717) is 18.0 Å². The smallest absolute Gasteiger partial charge is 0.251 e. The minimum atomic E-state index is -3.75. The Hall–Kier alpha value is -1.64. The van der Waals surface area contributed by atoms with Crippen LogP contribution in [0.4, 0.5) is 0 Å². The van der Waals surface area contributed by atoms with Gasteiger partial charge in [-0.15, -0.1) is 0 Å². The number of benzene rings is 1. The summed E-state index contributed by atoms with van der Waals surface area (Å²) in [6.07, 6.45) is 0. The molecule has 0 aromatic heterocycles. The first-order valence-electron chi connectivity index (χ1n) is 7.52. The van der Waals surface area contributed by atoms with Gasteiger partial charge in [-0.05, 0) is 32.0 Å². The lowest BCUT2D eigenvalue weighted by Crippen LogP contribution is -2.48. The summed E-state index contributed by atoms with van der Waals surface area (Å²) < 4.78 is 32.4. The predicted octanol–water partition coefficient (Wildman–Crippen LogP) is 0.331. The lowest BCUT2D eigenvalue weighted by Gasteiger charge is -2.27. The van der Waals surface area contributed by atoms with Gasteiger partial charge in [0.05, 0.1) is 7.11 Å². The second kappa shape index (κ2) is 7.29. The molecule has 0 bridgehead atoms. The molecular weight excluding hydrogens is 318 g/mol. The van der Waals surface area contributed by atoms with E-state index in [4.69, 9.17) is 4.74 Å². The molecule has 0 radical (unpaired) electrons.